The predicted molar refractivity (Wildman–Crippen MR) is 43.5 cm³/mol. The lowest BCUT2D eigenvalue weighted by Crippen LogP contribution is -1.74. The van der Waals surface area contributed by atoms with Crippen LogP contribution in [0.25, 0.3) is 5.43 Å². The number of furan rings is 1. The summed E-state index contributed by atoms with van der Waals surface area (Å²) in [6.07, 6.45) is 3.01. The van der Waals surface area contributed by atoms with E-state index in [-0.39, 0.29) is 5.95 Å². The number of hydrogen-bond donors (Lipinski definition) is 1. The molecular formula is C6H5N6O-. The molecule has 7 heteroatoms. The van der Waals surface area contributed by atoms with Crippen molar-refractivity contribution in [2.24, 2.45) is 5.10 Å². The summed E-state index contributed by atoms with van der Waals surface area (Å²) in [5.74, 6) is 0.801. The highest BCUT2D eigenvalue weighted by Gasteiger charge is 1.86. The van der Waals surface area contributed by atoms with Gasteiger partial charge in [0.15, 0.2) is 0 Å². The van der Waals surface area contributed by atoms with Gasteiger partial charge in [-0.2, -0.15) is 0 Å². The molecule has 2 aromatic rings. The van der Waals surface area contributed by atoms with Crippen LogP contribution in [0.5, 0.6) is 0 Å². The largest absolute Gasteiger partial charge is 0.463 e. The summed E-state index contributed by atoms with van der Waals surface area (Å²) in [6.45, 7) is 0. The molecule has 0 amide bonds. The van der Waals surface area contributed by atoms with Gasteiger partial charge in [0.25, 0.3) is 0 Å². The SMILES string of the molecule is C(=N/[N-]c1nn[nH]n1)/c1ccco1. The molecule has 0 bridgehead atoms. The second kappa shape index (κ2) is 3.48. The molecular weight excluding hydrogens is 172 g/mol. The summed E-state index contributed by atoms with van der Waals surface area (Å²) in [4.78, 5) is 0. The van der Waals surface area contributed by atoms with Crippen LogP contribution in [0.1, 0.15) is 5.76 Å². The number of aromatic amines is 1. The molecule has 0 spiro atoms. The first kappa shape index (κ1) is 7.47. The van der Waals surface area contributed by atoms with Gasteiger partial charge in [-0.05, 0) is 12.1 Å². The second-order valence-corrected chi connectivity index (χ2v) is 2.07. The van der Waals surface area contributed by atoms with Crippen molar-refractivity contribution >= 4 is 12.2 Å². The lowest BCUT2D eigenvalue weighted by atomic mass is 10.5. The van der Waals surface area contributed by atoms with Gasteiger partial charge in [-0.3, -0.25) is 20.8 Å². The van der Waals surface area contributed by atoms with Crippen LogP contribution in [0.3, 0.4) is 0 Å². The van der Waals surface area contributed by atoms with Gasteiger partial charge in [-0.25, -0.2) is 5.10 Å². The van der Waals surface area contributed by atoms with E-state index in [0.29, 0.717) is 5.76 Å². The lowest BCUT2D eigenvalue weighted by Gasteiger charge is -1.95. The first-order valence-corrected chi connectivity index (χ1v) is 3.46. The van der Waals surface area contributed by atoms with Gasteiger partial charge >= 0.3 is 0 Å². The van der Waals surface area contributed by atoms with E-state index in [2.05, 4.69) is 31.2 Å². The van der Waals surface area contributed by atoms with Crippen LogP contribution in [0.15, 0.2) is 27.9 Å². The van der Waals surface area contributed by atoms with Crippen LogP contribution in [0, 0.1) is 0 Å². The van der Waals surface area contributed by atoms with Crippen LogP contribution in [-0.4, -0.2) is 26.8 Å². The van der Waals surface area contributed by atoms with E-state index in [1.807, 2.05) is 0 Å². The average molecular weight is 177 g/mol. The van der Waals surface area contributed by atoms with Gasteiger partial charge in [0.05, 0.1) is 18.4 Å². The van der Waals surface area contributed by atoms with E-state index in [9.17, 15) is 0 Å². The Balaban J connectivity index is 1.93. The van der Waals surface area contributed by atoms with Crippen molar-refractivity contribution in [3.8, 4) is 0 Å². The summed E-state index contributed by atoms with van der Waals surface area (Å²) in [5.41, 5.74) is 3.63. The number of tetrazole rings is 1. The zero-order valence-electron chi connectivity index (χ0n) is 6.45. The number of rotatable bonds is 3. The maximum atomic E-state index is 4.98. The Bertz CT molecular complexity index is 364. The van der Waals surface area contributed by atoms with Crippen LogP contribution in [0.4, 0.5) is 5.95 Å². The molecule has 0 atom stereocenters. The first-order valence-electron chi connectivity index (χ1n) is 3.46. The average Bonchev–Trinajstić information content (AvgIpc) is 2.75. The van der Waals surface area contributed by atoms with E-state index in [1.54, 1.807) is 18.4 Å². The molecule has 1 N–H and O–H groups in total. The molecule has 0 saturated heterocycles. The molecule has 0 aliphatic heterocycles. The van der Waals surface area contributed by atoms with Gasteiger partial charge in [-0.15, -0.1) is 5.21 Å². The van der Waals surface area contributed by atoms with E-state index >= 15 is 0 Å². The van der Waals surface area contributed by atoms with Crippen molar-refractivity contribution in [2.45, 2.75) is 0 Å². The fourth-order valence-electron chi connectivity index (χ4n) is 0.701. The van der Waals surface area contributed by atoms with E-state index in [1.165, 1.54) is 6.21 Å². The number of nitrogens with one attached hydrogen (secondary N) is 1. The van der Waals surface area contributed by atoms with Gasteiger partial charge in [0, 0.05) is 0 Å². The van der Waals surface area contributed by atoms with E-state index in [0.717, 1.165) is 0 Å². The maximum absolute atomic E-state index is 4.98. The fourth-order valence-corrected chi connectivity index (χ4v) is 0.701. The zero-order chi connectivity index (χ0) is 8.93. The third kappa shape index (κ3) is 1.89. The van der Waals surface area contributed by atoms with E-state index in [4.69, 9.17) is 4.42 Å². The fraction of sp³-hybridized carbons (Fsp3) is 0. The smallest absolute Gasteiger partial charge is 0.145 e. The summed E-state index contributed by atoms with van der Waals surface area (Å²) in [6, 6.07) is 3.52. The van der Waals surface area contributed by atoms with Crippen LogP contribution in [0.2, 0.25) is 0 Å². The minimum Gasteiger partial charge on any atom is -0.463 e. The normalized spacial score (nSPS) is 10.8. The monoisotopic (exact) mass is 177 g/mol. The number of H-pyrrole nitrogens is 1. The molecule has 2 aromatic heterocycles. The molecule has 0 aliphatic rings. The highest BCUT2D eigenvalue weighted by molar-refractivity contribution is 5.76. The molecule has 2 heterocycles. The van der Waals surface area contributed by atoms with Gasteiger partial charge in [-0.1, -0.05) is 0 Å². The van der Waals surface area contributed by atoms with Crippen LogP contribution < -0.4 is 0 Å². The van der Waals surface area contributed by atoms with Crippen molar-refractivity contribution in [1.29, 1.82) is 0 Å². The molecule has 0 unspecified atom stereocenters. The molecule has 0 saturated carbocycles. The third-order valence-corrected chi connectivity index (χ3v) is 1.21. The van der Waals surface area contributed by atoms with Crippen molar-refractivity contribution in [3.05, 3.63) is 29.6 Å². The minimum absolute atomic E-state index is 0.183. The summed E-state index contributed by atoms with van der Waals surface area (Å²) >= 11 is 0. The van der Waals surface area contributed by atoms with Crippen LogP contribution >= 0.6 is 0 Å². The van der Waals surface area contributed by atoms with Gasteiger partial charge < -0.3 is 4.42 Å². The zero-order valence-corrected chi connectivity index (χ0v) is 6.45. The summed E-state index contributed by atoms with van der Waals surface area (Å²) in [7, 11) is 0. The molecule has 2 rings (SSSR count). The molecule has 66 valence electrons. The summed E-state index contributed by atoms with van der Waals surface area (Å²) < 4.78 is 4.98. The second-order valence-electron chi connectivity index (χ2n) is 2.07. The predicted octanol–water partition coefficient (Wildman–Crippen LogP) is 0.832. The topological polar surface area (TPSA) is 94.1 Å². The highest BCUT2D eigenvalue weighted by Crippen LogP contribution is 2.07. The Morgan fingerprint density at radius 2 is 2.62 bits per heavy atom. The van der Waals surface area contributed by atoms with Gasteiger partial charge in [0.1, 0.15) is 5.76 Å². The highest BCUT2D eigenvalue weighted by atomic mass is 16.3. The quantitative estimate of drug-likeness (QED) is 0.554. The molecule has 13 heavy (non-hydrogen) atoms. The van der Waals surface area contributed by atoms with Gasteiger partial charge in [0.2, 0.25) is 0 Å². The Hall–Kier alpha value is -2.18. The molecule has 0 aliphatic carbocycles. The first-order chi connectivity index (χ1) is 6.45. The standard InChI is InChI=1S/C6H5N6O/c1-2-5(13-3-1)4-7-8-6-9-11-12-10-6/h1-4H,(H-,8,9,10,11,12)/q-1/b7-4-. The van der Waals surface area contributed by atoms with Crippen LogP contribution in [-0.2, 0) is 0 Å². The van der Waals surface area contributed by atoms with E-state index < -0.39 is 0 Å². The number of aromatic nitrogens is 4. The Morgan fingerprint density at radius 1 is 1.62 bits per heavy atom. The minimum atomic E-state index is 0.183. The Kier molecular flexibility index (Phi) is 2.00. The summed E-state index contributed by atoms with van der Waals surface area (Å²) in [5, 5.41) is 16.4. The molecule has 7 nitrogen and oxygen atoms in total. The van der Waals surface area contributed by atoms with Crippen molar-refractivity contribution in [3.63, 3.8) is 0 Å². The maximum Gasteiger partial charge on any atom is 0.145 e. The molecule has 0 radical (unpaired) electrons. The lowest BCUT2D eigenvalue weighted by molar-refractivity contribution is 0.560. The number of hydrogen-bond acceptors (Lipinski definition) is 5. The van der Waals surface area contributed by atoms with Crippen molar-refractivity contribution in [1.82, 2.24) is 20.6 Å². The third-order valence-electron chi connectivity index (χ3n) is 1.21. The Morgan fingerprint density at radius 3 is 3.31 bits per heavy atom. The van der Waals surface area contributed by atoms with Crippen molar-refractivity contribution < 1.29 is 4.42 Å². The van der Waals surface area contributed by atoms with Crippen molar-refractivity contribution in [2.75, 3.05) is 0 Å². The molecule has 0 fully saturated rings. The number of nitrogens with zero attached hydrogens (tertiary/aromatic N) is 5. The Labute approximate surface area is 72.8 Å². The molecule has 0 aromatic carbocycles.